The van der Waals surface area contributed by atoms with Gasteiger partial charge in [-0.1, -0.05) is 24.4 Å². The minimum Gasteiger partial charge on any atom is -0.341 e. The largest absolute Gasteiger partial charge is 0.341 e. The van der Waals surface area contributed by atoms with E-state index in [4.69, 9.17) is 11.6 Å². The Bertz CT molecular complexity index is 1640. The lowest BCUT2D eigenvalue weighted by atomic mass is 9.86. The van der Waals surface area contributed by atoms with Crippen LogP contribution in [0.15, 0.2) is 55.0 Å². The summed E-state index contributed by atoms with van der Waals surface area (Å²) in [6.45, 7) is 0. The van der Waals surface area contributed by atoms with Gasteiger partial charge in [-0.25, -0.2) is 13.9 Å². The summed E-state index contributed by atoms with van der Waals surface area (Å²) in [5, 5.41) is 20.1. The Morgan fingerprint density at radius 2 is 2.00 bits per heavy atom. The van der Waals surface area contributed by atoms with Gasteiger partial charge in [0.05, 0.1) is 12.1 Å². The fourth-order valence-electron chi connectivity index (χ4n) is 5.27. The number of hydrogen-bond acceptors (Lipinski definition) is 5. The molecule has 10 heteroatoms. The fourth-order valence-corrected chi connectivity index (χ4v) is 5.50. The van der Waals surface area contributed by atoms with Crippen molar-refractivity contribution in [3.8, 4) is 17.2 Å². The molecule has 6 rings (SSSR count). The summed E-state index contributed by atoms with van der Waals surface area (Å²) < 4.78 is 15.8. The molecule has 2 N–H and O–H groups in total. The van der Waals surface area contributed by atoms with Crippen LogP contribution in [0.1, 0.15) is 53.2 Å². The van der Waals surface area contributed by atoms with Crippen LogP contribution in [0.4, 0.5) is 10.1 Å². The molecule has 2 amide bonds. The maximum Gasteiger partial charge on any atom is 0.252 e. The molecule has 1 fully saturated rings. The van der Waals surface area contributed by atoms with Gasteiger partial charge in [0.2, 0.25) is 5.91 Å². The highest BCUT2D eigenvalue weighted by molar-refractivity contribution is 6.31. The number of aromatic nitrogens is 3. The molecule has 1 aliphatic heterocycles. The molecule has 0 radical (unpaired) electrons. The summed E-state index contributed by atoms with van der Waals surface area (Å²) in [6, 6.07) is 12.5. The predicted molar refractivity (Wildman–Crippen MR) is 134 cm³/mol. The average Bonchev–Trinajstić information content (AvgIpc) is 3.64. The summed E-state index contributed by atoms with van der Waals surface area (Å²) in [6.07, 6.45) is 5.73. The van der Waals surface area contributed by atoms with E-state index in [1.54, 1.807) is 28.9 Å². The second-order valence-corrected chi connectivity index (χ2v) is 9.80. The molecule has 1 unspecified atom stereocenters. The zero-order valence-electron chi connectivity index (χ0n) is 19.5. The number of fused-ring (bicyclic) bond motifs is 2. The number of nitriles is 1. The lowest BCUT2D eigenvalue weighted by Crippen LogP contribution is -2.33. The molecule has 8 nitrogen and oxygen atoms in total. The zero-order valence-corrected chi connectivity index (χ0v) is 20.2. The van der Waals surface area contributed by atoms with Gasteiger partial charge in [-0.05, 0) is 60.9 Å². The van der Waals surface area contributed by atoms with Gasteiger partial charge >= 0.3 is 0 Å². The molecule has 1 aliphatic carbocycles. The maximum absolute atomic E-state index is 14.2. The van der Waals surface area contributed by atoms with Crippen molar-refractivity contribution in [3.63, 3.8) is 0 Å². The molecule has 1 saturated carbocycles. The number of carbonyl (C=O) groups excluding carboxylic acids is 2. The molecule has 2 aromatic carbocycles. The topological polar surface area (TPSA) is 112 Å². The third-order valence-electron chi connectivity index (χ3n) is 7.22. The smallest absolute Gasteiger partial charge is 0.252 e. The van der Waals surface area contributed by atoms with Crippen molar-refractivity contribution in [1.29, 1.82) is 5.26 Å². The molecule has 3 heterocycles. The first-order valence-electron chi connectivity index (χ1n) is 11.8. The Kier molecular flexibility index (Phi) is 5.42. The predicted octanol–water partition coefficient (Wildman–Crippen LogP) is 5.04. The van der Waals surface area contributed by atoms with Crippen molar-refractivity contribution in [2.75, 3.05) is 5.32 Å². The summed E-state index contributed by atoms with van der Waals surface area (Å²) in [5.41, 5.74) is 2.46. The number of nitrogens with one attached hydrogen (secondary N) is 2. The van der Waals surface area contributed by atoms with E-state index < -0.39 is 23.2 Å². The zero-order chi connectivity index (χ0) is 25.7. The second-order valence-electron chi connectivity index (χ2n) is 9.39. The molecule has 1 atom stereocenters. The van der Waals surface area contributed by atoms with E-state index in [9.17, 15) is 19.2 Å². The number of nitrogens with zero attached hydrogens (tertiary/aromatic N) is 4. The van der Waals surface area contributed by atoms with Crippen molar-refractivity contribution in [2.45, 2.75) is 31.7 Å². The van der Waals surface area contributed by atoms with Crippen molar-refractivity contribution < 1.29 is 14.0 Å². The van der Waals surface area contributed by atoms with Crippen molar-refractivity contribution in [2.24, 2.45) is 5.41 Å². The lowest BCUT2D eigenvalue weighted by Gasteiger charge is -2.23. The Morgan fingerprint density at radius 3 is 2.78 bits per heavy atom. The first kappa shape index (κ1) is 23.1. The van der Waals surface area contributed by atoms with Crippen LogP contribution in [-0.4, -0.2) is 26.4 Å². The fraction of sp³-hybridized carbons (Fsp3) is 0.222. The molecule has 0 bridgehead atoms. The molecule has 2 aromatic heterocycles. The van der Waals surface area contributed by atoms with Crippen LogP contribution >= 0.6 is 11.6 Å². The van der Waals surface area contributed by atoms with E-state index >= 15 is 0 Å². The minimum atomic E-state index is -1.13. The summed E-state index contributed by atoms with van der Waals surface area (Å²) in [4.78, 5) is 30.8. The second kappa shape index (κ2) is 8.68. The Morgan fingerprint density at radius 1 is 1.19 bits per heavy atom. The molecule has 37 heavy (non-hydrogen) atoms. The van der Waals surface area contributed by atoms with Crippen LogP contribution in [0.25, 0.3) is 16.8 Å². The van der Waals surface area contributed by atoms with E-state index in [-0.39, 0.29) is 10.9 Å². The number of carbonyl (C=O) groups is 2. The third-order valence-corrected chi connectivity index (χ3v) is 7.56. The molecule has 0 spiro atoms. The van der Waals surface area contributed by atoms with Crippen LogP contribution in [0.5, 0.6) is 0 Å². The van der Waals surface area contributed by atoms with Crippen LogP contribution < -0.4 is 10.6 Å². The van der Waals surface area contributed by atoms with Gasteiger partial charge in [0.15, 0.2) is 5.65 Å². The van der Waals surface area contributed by atoms with Crippen molar-refractivity contribution in [1.82, 2.24) is 19.9 Å². The SMILES string of the molecule is N#CC1(C(=O)Nc2cc(-c3ccc4ncnn4c3)cc3c2C(c2cc(F)ccc2Cl)NC3=O)CCCC1. The number of hydrogen-bond donors (Lipinski definition) is 2. The van der Waals surface area contributed by atoms with Gasteiger partial charge in [-0.2, -0.15) is 10.4 Å². The van der Waals surface area contributed by atoms with E-state index in [2.05, 4.69) is 26.8 Å². The Labute approximate surface area is 216 Å². The summed E-state index contributed by atoms with van der Waals surface area (Å²) in [7, 11) is 0. The molecule has 2 aliphatic rings. The van der Waals surface area contributed by atoms with E-state index in [1.165, 1.54) is 24.5 Å². The van der Waals surface area contributed by atoms with Gasteiger partial charge in [-0.3, -0.25) is 9.59 Å². The highest BCUT2D eigenvalue weighted by Gasteiger charge is 2.43. The Balaban J connectivity index is 1.52. The monoisotopic (exact) mass is 514 g/mol. The van der Waals surface area contributed by atoms with E-state index in [0.717, 1.165) is 18.4 Å². The lowest BCUT2D eigenvalue weighted by molar-refractivity contribution is -0.122. The number of rotatable bonds is 4. The van der Waals surface area contributed by atoms with Gasteiger partial charge < -0.3 is 10.6 Å². The van der Waals surface area contributed by atoms with E-state index in [1.807, 2.05) is 6.07 Å². The molecular weight excluding hydrogens is 495 g/mol. The number of pyridine rings is 1. The van der Waals surface area contributed by atoms with Gasteiger partial charge in [-0.15, -0.1) is 0 Å². The third kappa shape index (κ3) is 3.81. The molecule has 0 saturated heterocycles. The molecular formula is C27H20ClFN6O2. The van der Waals surface area contributed by atoms with Crippen LogP contribution in [-0.2, 0) is 4.79 Å². The average molecular weight is 515 g/mol. The van der Waals surface area contributed by atoms with Crippen LogP contribution in [0, 0.1) is 22.6 Å². The summed E-state index contributed by atoms with van der Waals surface area (Å²) in [5.74, 6) is -1.29. The number of halogens is 2. The van der Waals surface area contributed by atoms with Gasteiger partial charge in [0.25, 0.3) is 5.91 Å². The Hall–Kier alpha value is -4.29. The number of benzene rings is 2. The van der Waals surface area contributed by atoms with Gasteiger partial charge in [0, 0.05) is 39.2 Å². The van der Waals surface area contributed by atoms with E-state index in [0.29, 0.717) is 46.4 Å². The maximum atomic E-state index is 14.2. The number of amides is 2. The minimum absolute atomic E-state index is 0.279. The van der Waals surface area contributed by atoms with Crippen LogP contribution in [0.3, 0.4) is 0 Å². The highest BCUT2D eigenvalue weighted by atomic mass is 35.5. The highest BCUT2D eigenvalue weighted by Crippen LogP contribution is 2.44. The standard InChI is InChI=1S/C27H20ClFN6O2/c28-20-5-4-17(29)11-18(20)24-23-19(25(36)34-24)9-16(15-3-6-22-31-14-32-35(22)12-15)10-21(23)33-26(37)27(13-30)7-1-2-8-27/h3-6,9-12,14,24H,1-2,7-8H2,(H,33,37)(H,34,36). The number of anilines is 1. The normalized spacial score (nSPS) is 17.9. The van der Waals surface area contributed by atoms with Crippen molar-refractivity contribution >= 4 is 34.7 Å². The molecule has 4 aromatic rings. The van der Waals surface area contributed by atoms with Gasteiger partial charge in [0.1, 0.15) is 17.6 Å². The van der Waals surface area contributed by atoms with Crippen molar-refractivity contribution in [3.05, 3.63) is 82.5 Å². The molecule has 184 valence electrons. The first-order chi connectivity index (χ1) is 17.9. The first-order valence-corrected chi connectivity index (χ1v) is 12.2. The summed E-state index contributed by atoms with van der Waals surface area (Å²) >= 11 is 6.40. The van der Waals surface area contributed by atoms with Crippen LogP contribution in [0.2, 0.25) is 5.02 Å². The quantitative estimate of drug-likeness (QED) is 0.396.